The van der Waals surface area contributed by atoms with E-state index in [0.717, 1.165) is 0 Å². The van der Waals surface area contributed by atoms with Crippen molar-refractivity contribution in [1.82, 2.24) is 0 Å². The molecule has 3 rings (SSSR count). The predicted molar refractivity (Wildman–Crippen MR) is 87.5 cm³/mol. The van der Waals surface area contributed by atoms with E-state index in [2.05, 4.69) is 0 Å². The van der Waals surface area contributed by atoms with E-state index < -0.39 is 0 Å². The van der Waals surface area contributed by atoms with Crippen LogP contribution >= 0.6 is 0 Å². The second kappa shape index (κ2) is 6.28. The lowest BCUT2D eigenvalue weighted by Gasteiger charge is -2.22. The lowest BCUT2D eigenvalue weighted by Crippen LogP contribution is -2.23. The van der Waals surface area contributed by atoms with Crippen LogP contribution in [0.3, 0.4) is 0 Å². The van der Waals surface area contributed by atoms with Crippen LogP contribution < -0.4 is 9.47 Å². The van der Waals surface area contributed by atoms with Crippen molar-refractivity contribution in [1.29, 1.82) is 0 Å². The van der Waals surface area contributed by atoms with Gasteiger partial charge in [-0.2, -0.15) is 0 Å². The molecule has 0 heterocycles. The third-order valence-corrected chi connectivity index (χ3v) is 3.83. The third kappa shape index (κ3) is 2.38. The molecule has 2 aromatic carbocycles. The zero-order valence-corrected chi connectivity index (χ0v) is 13.4. The number of hydrogen-bond donors (Lipinski definition) is 0. The molecular formula is C19H16O5. The minimum atomic E-state index is -0.329. The van der Waals surface area contributed by atoms with Crippen molar-refractivity contribution in [2.75, 3.05) is 13.2 Å². The summed E-state index contributed by atoms with van der Waals surface area (Å²) in [7, 11) is 0. The van der Waals surface area contributed by atoms with Crippen molar-refractivity contribution in [2.24, 2.45) is 0 Å². The molecule has 0 saturated carbocycles. The summed E-state index contributed by atoms with van der Waals surface area (Å²) in [5, 5.41) is 0. The number of benzene rings is 2. The minimum absolute atomic E-state index is 0.187. The second-order valence-corrected chi connectivity index (χ2v) is 5.26. The van der Waals surface area contributed by atoms with E-state index in [1.54, 1.807) is 25.1 Å². The highest BCUT2D eigenvalue weighted by Gasteiger charge is 2.35. The van der Waals surface area contributed by atoms with Gasteiger partial charge in [0.05, 0.1) is 24.3 Å². The summed E-state index contributed by atoms with van der Waals surface area (Å²) in [6.07, 6.45) is 0.632. The molecule has 0 fully saturated rings. The van der Waals surface area contributed by atoms with Crippen LogP contribution in [0, 0.1) is 0 Å². The molecule has 122 valence electrons. The first-order chi connectivity index (χ1) is 11.6. The maximum absolute atomic E-state index is 13.0. The summed E-state index contributed by atoms with van der Waals surface area (Å²) < 4.78 is 11.0. The summed E-state index contributed by atoms with van der Waals surface area (Å²) in [4.78, 5) is 37.0. The Morgan fingerprint density at radius 3 is 2.21 bits per heavy atom. The molecule has 1 aliphatic rings. The maximum atomic E-state index is 13.0. The Hall–Kier alpha value is -2.95. The fraction of sp³-hybridized carbons (Fsp3) is 0.211. The molecule has 2 aromatic rings. The summed E-state index contributed by atoms with van der Waals surface area (Å²) in [5.41, 5.74) is 1.20. The van der Waals surface area contributed by atoms with Crippen LogP contribution in [-0.4, -0.2) is 31.1 Å². The van der Waals surface area contributed by atoms with Crippen molar-refractivity contribution >= 4 is 17.9 Å². The first-order valence-electron chi connectivity index (χ1n) is 7.73. The highest BCUT2D eigenvalue weighted by atomic mass is 16.5. The van der Waals surface area contributed by atoms with Gasteiger partial charge in [0.2, 0.25) is 5.78 Å². The molecule has 0 saturated heterocycles. The molecular weight excluding hydrogens is 308 g/mol. The van der Waals surface area contributed by atoms with Gasteiger partial charge in [0, 0.05) is 16.7 Å². The minimum Gasteiger partial charge on any atom is -0.493 e. The van der Waals surface area contributed by atoms with E-state index in [1.165, 1.54) is 12.1 Å². The number of fused-ring (bicyclic) bond motifs is 2. The van der Waals surface area contributed by atoms with Crippen molar-refractivity contribution in [2.45, 2.75) is 13.8 Å². The fourth-order valence-corrected chi connectivity index (χ4v) is 2.89. The van der Waals surface area contributed by atoms with E-state index in [9.17, 15) is 14.4 Å². The molecule has 0 aliphatic heterocycles. The molecule has 24 heavy (non-hydrogen) atoms. The number of ether oxygens (including phenoxy) is 2. The molecule has 0 spiro atoms. The topological polar surface area (TPSA) is 69.7 Å². The van der Waals surface area contributed by atoms with Gasteiger partial charge in [0.15, 0.2) is 5.78 Å². The number of carbonyl (C=O) groups is 3. The van der Waals surface area contributed by atoms with Crippen LogP contribution in [0.25, 0.3) is 0 Å². The SMILES string of the molecule is CCOc1cccc2c1C(=O)c1c(OCC)cc(C=O)cc1C2=O. The van der Waals surface area contributed by atoms with Crippen LogP contribution in [0.1, 0.15) is 56.0 Å². The predicted octanol–water partition coefficient (Wildman–Crippen LogP) is 3.07. The normalized spacial score (nSPS) is 12.4. The van der Waals surface area contributed by atoms with Gasteiger partial charge in [0.25, 0.3) is 0 Å². The Bertz CT molecular complexity index is 851. The lowest BCUT2D eigenvalue weighted by atomic mass is 9.82. The molecule has 0 bridgehead atoms. The third-order valence-electron chi connectivity index (χ3n) is 3.83. The van der Waals surface area contributed by atoms with E-state index >= 15 is 0 Å². The fourth-order valence-electron chi connectivity index (χ4n) is 2.89. The Morgan fingerprint density at radius 2 is 1.54 bits per heavy atom. The number of aldehydes is 1. The van der Waals surface area contributed by atoms with Crippen molar-refractivity contribution < 1.29 is 23.9 Å². The van der Waals surface area contributed by atoms with E-state index in [0.29, 0.717) is 30.8 Å². The number of hydrogen-bond acceptors (Lipinski definition) is 5. The molecule has 5 heteroatoms. The zero-order chi connectivity index (χ0) is 17.3. The molecule has 5 nitrogen and oxygen atoms in total. The zero-order valence-electron chi connectivity index (χ0n) is 13.4. The van der Waals surface area contributed by atoms with Crippen LogP contribution in [0.15, 0.2) is 30.3 Å². The van der Waals surface area contributed by atoms with Gasteiger partial charge in [-0.15, -0.1) is 0 Å². The van der Waals surface area contributed by atoms with Gasteiger partial charge < -0.3 is 9.47 Å². The highest BCUT2D eigenvalue weighted by Crippen LogP contribution is 2.37. The Labute approximate surface area is 139 Å². The van der Waals surface area contributed by atoms with Gasteiger partial charge in [-0.25, -0.2) is 0 Å². The number of ketones is 2. The molecule has 0 radical (unpaired) electrons. The van der Waals surface area contributed by atoms with Gasteiger partial charge in [-0.3, -0.25) is 14.4 Å². The van der Waals surface area contributed by atoms with Crippen LogP contribution in [0.5, 0.6) is 11.5 Å². The van der Waals surface area contributed by atoms with Crippen molar-refractivity contribution in [3.63, 3.8) is 0 Å². The molecule has 1 aliphatic carbocycles. The molecule has 0 amide bonds. The lowest BCUT2D eigenvalue weighted by molar-refractivity contribution is 0.0972. The summed E-state index contributed by atoms with van der Waals surface area (Å²) in [6.45, 7) is 4.28. The summed E-state index contributed by atoms with van der Waals surface area (Å²) >= 11 is 0. The average Bonchev–Trinajstić information content (AvgIpc) is 2.59. The van der Waals surface area contributed by atoms with E-state index in [1.807, 2.05) is 6.92 Å². The van der Waals surface area contributed by atoms with Crippen LogP contribution in [-0.2, 0) is 0 Å². The summed E-state index contributed by atoms with van der Waals surface area (Å²) in [5.74, 6) is -0.0244. The standard InChI is InChI=1S/C19H16O5/c1-3-23-14-7-5-6-12-16(14)19(22)17-13(18(12)21)8-11(10-20)9-15(17)24-4-2/h5-10H,3-4H2,1-2H3. The second-order valence-electron chi connectivity index (χ2n) is 5.26. The monoisotopic (exact) mass is 324 g/mol. The average molecular weight is 324 g/mol. The largest absolute Gasteiger partial charge is 0.493 e. The number of rotatable bonds is 5. The van der Waals surface area contributed by atoms with Gasteiger partial charge in [0.1, 0.15) is 17.8 Å². The Balaban J connectivity index is 2.29. The molecule has 0 atom stereocenters. The number of carbonyl (C=O) groups excluding carboxylic acids is 3. The highest BCUT2D eigenvalue weighted by molar-refractivity contribution is 6.30. The molecule has 0 unspecified atom stereocenters. The smallest absolute Gasteiger partial charge is 0.201 e. The van der Waals surface area contributed by atoms with Gasteiger partial charge in [-0.1, -0.05) is 12.1 Å². The van der Waals surface area contributed by atoms with Gasteiger partial charge >= 0.3 is 0 Å². The van der Waals surface area contributed by atoms with Crippen LogP contribution in [0.4, 0.5) is 0 Å². The summed E-state index contributed by atoms with van der Waals surface area (Å²) in [6, 6.07) is 7.84. The Morgan fingerprint density at radius 1 is 0.875 bits per heavy atom. The van der Waals surface area contributed by atoms with Crippen LogP contribution in [0.2, 0.25) is 0 Å². The van der Waals surface area contributed by atoms with Crippen molar-refractivity contribution in [3.05, 3.63) is 58.1 Å². The van der Waals surface area contributed by atoms with E-state index in [-0.39, 0.29) is 39.6 Å². The first-order valence-corrected chi connectivity index (χ1v) is 7.73. The van der Waals surface area contributed by atoms with E-state index in [4.69, 9.17) is 9.47 Å². The molecule has 0 aromatic heterocycles. The maximum Gasteiger partial charge on any atom is 0.201 e. The quantitative estimate of drug-likeness (QED) is 0.675. The Kier molecular flexibility index (Phi) is 4.16. The van der Waals surface area contributed by atoms with Crippen molar-refractivity contribution in [3.8, 4) is 11.5 Å². The molecule has 0 N–H and O–H groups in total. The first kappa shape index (κ1) is 15.9. The van der Waals surface area contributed by atoms with Gasteiger partial charge in [-0.05, 0) is 32.0 Å².